The summed E-state index contributed by atoms with van der Waals surface area (Å²) < 4.78 is 5.96. The van der Waals surface area contributed by atoms with Crippen LogP contribution >= 0.6 is 0 Å². The normalized spacial score (nSPS) is 11.7. The summed E-state index contributed by atoms with van der Waals surface area (Å²) in [6.07, 6.45) is 3.69. The second kappa shape index (κ2) is 8.07. The third-order valence-electron chi connectivity index (χ3n) is 6.18. The lowest BCUT2D eigenvalue weighted by Crippen LogP contribution is -2.50. The highest BCUT2D eigenvalue weighted by atomic mass is 16.5. The van der Waals surface area contributed by atoms with E-state index in [2.05, 4.69) is 78.6 Å². The molecule has 3 heterocycles. The highest BCUT2D eigenvalue weighted by Crippen LogP contribution is 2.30. The van der Waals surface area contributed by atoms with Crippen LogP contribution in [0, 0.1) is 6.92 Å². The minimum absolute atomic E-state index is 0.129. The number of benzene rings is 3. The van der Waals surface area contributed by atoms with Crippen molar-refractivity contribution in [3.05, 3.63) is 115 Å². The molecule has 0 spiro atoms. The zero-order valence-electron chi connectivity index (χ0n) is 18.3. The van der Waals surface area contributed by atoms with Gasteiger partial charge in [0, 0.05) is 24.1 Å². The van der Waals surface area contributed by atoms with Crippen molar-refractivity contribution in [1.29, 1.82) is 0 Å². The molecule has 2 aromatic heterocycles. The molecule has 0 fully saturated rings. The first kappa shape index (κ1) is 19.5. The molecule has 3 aromatic carbocycles. The molecule has 1 aliphatic heterocycles. The summed E-state index contributed by atoms with van der Waals surface area (Å²) in [6, 6.07) is 33.5. The Morgan fingerprint density at radius 3 is 2.36 bits per heavy atom. The van der Waals surface area contributed by atoms with Crippen molar-refractivity contribution >= 4 is 23.2 Å². The van der Waals surface area contributed by atoms with Gasteiger partial charge >= 0.3 is 0 Å². The molecule has 6 rings (SSSR count). The zero-order chi connectivity index (χ0) is 22.2. The van der Waals surface area contributed by atoms with Gasteiger partial charge in [-0.05, 0) is 59.0 Å². The lowest BCUT2D eigenvalue weighted by Gasteiger charge is -2.12. The lowest BCUT2D eigenvalue weighted by molar-refractivity contribution is 0.463. The maximum absolute atomic E-state index is 5.96. The van der Waals surface area contributed by atoms with Gasteiger partial charge in [0.05, 0.1) is 0 Å². The minimum atomic E-state index is 0.129. The predicted octanol–water partition coefficient (Wildman–Crippen LogP) is 4.74. The number of rotatable bonds is 4. The molecule has 33 heavy (non-hydrogen) atoms. The third kappa shape index (κ3) is 3.60. The van der Waals surface area contributed by atoms with E-state index >= 15 is 0 Å². The van der Waals surface area contributed by atoms with E-state index in [1.54, 1.807) is 6.20 Å². The van der Waals surface area contributed by atoms with E-state index in [0.717, 1.165) is 22.5 Å². The maximum atomic E-state index is 5.96. The first-order valence-corrected chi connectivity index (χ1v) is 11.1. The number of pyridine rings is 2. The number of fused-ring (bicyclic) bond motifs is 3. The molecular formula is C29H21BN2O. The topological polar surface area (TPSA) is 35.0 Å². The van der Waals surface area contributed by atoms with Gasteiger partial charge in [0.2, 0.25) is 5.88 Å². The lowest BCUT2D eigenvalue weighted by atomic mass is 9.40. The Labute approximate surface area is 193 Å². The van der Waals surface area contributed by atoms with Crippen LogP contribution < -0.4 is 21.3 Å². The van der Waals surface area contributed by atoms with Crippen LogP contribution in [0.1, 0.15) is 5.56 Å². The van der Waals surface area contributed by atoms with Crippen LogP contribution in [-0.2, 0) is 0 Å². The van der Waals surface area contributed by atoms with E-state index in [-0.39, 0.29) is 6.71 Å². The van der Waals surface area contributed by atoms with Crippen molar-refractivity contribution < 1.29 is 4.74 Å². The monoisotopic (exact) mass is 424 g/mol. The van der Waals surface area contributed by atoms with Gasteiger partial charge in [0.15, 0.2) is 0 Å². The summed E-state index contributed by atoms with van der Waals surface area (Å²) in [7, 11) is 0. The zero-order valence-corrected chi connectivity index (χ0v) is 18.3. The molecular weight excluding hydrogens is 403 g/mol. The molecule has 0 N–H and O–H groups in total. The van der Waals surface area contributed by atoms with Crippen molar-refractivity contribution in [3.8, 4) is 33.9 Å². The van der Waals surface area contributed by atoms with E-state index < -0.39 is 0 Å². The van der Waals surface area contributed by atoms with Gasteiger partial charge in [-0.1, -0.05) is 77.7 Å². The van der Waals surface area contributed by atoms with E-state index in [1.165, 1.54) is 27.6 Å². The Morgan fingerprint density at radius 2 is 1.52 bits per heavy atom. The van der Waals surface area contributed by atoms with E-state index in [0.29, 0.717) is 5.88 Å². The summed E-state index contributed by atoms with van der Waals surface area (Å²) in [4.78, 5) is 9.06. The molecule has 1 aliphatic rings. The number of aryl methyl sites for hydroxylation is 1. The van der Waals surface area contributed by atoms with Gasteiger partial charge in [-0.3, -0.25) is 4.98 Å². The van der Waals surface area contributed by atoms with Crippen molar-refractivity contribution in [2.24, 2.45) is 0 Å². The Morgan fingerprint density at radius 1 is 0.667 bits per heavy atom. The van der Waals surface area contributed by atoms with Crippen LogP contribution in [0.5, 0.6) is 11.6 Å². The first-order valence-electron chi connectivity index (χ1n) is 11.1. The predicted molar refractivity (Wildman–Crippen MR) is 135 cm³/mol. The van der Waals surface area contributed by atoms with Crippen LogP contribution in [0.2, 0.25) is 0 Å². The minimum Gasteiger partial charge on any atom is -0.439 e. The van der Waals surface area contributed by atoms with Crippen LogP contribution in [0.4, 0.5) is 0 Å². The number of hydrogen-bond acceptors (Lipinski definition) is 3. The molecule has 0 aliphatic carbocycles. The smallest absolute Gasteiger partial charge is 0.266 e. The standard InChI is InChI=1S/C29H21BN2O/c1-20-12-15-28(32-19-20)30-26-10-3-2-9-24(26)25-14-13-22(18-27(25)30)21-7-6-8-23(17-21)33-29-11-4-5-16-31-29/h2-19H,1H3. The van der Waals surface area contributed by atoms with Gasteiger partial charge in [-0.2, -0.15) is 0 Å². The molecule has 0 unspecified atom stereocenters. The molecule has 5 aromatic rings. The molecule has 0 bridgehead atoms. The fourth-order valence-electron chi connectivity index (χ4n) is 4.62. The van der Waals surface area contributed by atoms with Crippen LogP contribution in [0.15, 0.2) is 109 Å². The highest BCUT2D eigenvalue weighted by molar-refractivity contribution is 6.98. The highest BCUT2D eigenvalue weighted by Gasteiger charge is 2.34. The Hall–Kier alpha value is -4.18. The van der Waals surface area contributed by atoms with Crippen molar-refractivity contribution in [1.82, 2.24) is 9.97 Å². The van der Waals surface area contributed by atoms with Gasteiger partial charge in [-0.25, -0.2) is 4.98 Å². The Bertz CT molecular complexity index is 1450. The third-order valence-corrected chi connectivity index (χ3v) is 6.18. The van der Waals surface area contributed by atoms with Crippen molar-refractivity contribution in [2.45, 2.75) is 6.92 Å². The number of hydrogen-bond donors (Lipinski definition) is 0. The second-order valence-electron chi connectivity index (χ2n) is 8.38. The van der Waals surface area contributed by atoms with Crippen molar-refractivity contribution in [3.63, 3.8) is 0 Å². The maximum Gasteiger partial charge on any atom is 0.266 e. The van der Waals surface area contributed by atoms with Gasteiger partial charge in [0.25, 0.3) is 6.71 Å². The Kier molecular flexibility index (Phi) is 4.77. The average molecular weight is 424 g/mol. The van der Waals surface area contributed by atoms with Crippen molar-refractivity contribution in [2.75, 3.05) is 0 Å². The molecule has 0 amide bonds. The van der Waals surface area contributed by atoms with Crippen LogP contribution in [0.3, 0.4) is 0 Å². The summed E-state index contributed by atoms with van der Waals surface area (Å²) >= 11 is 0. The summed E-state index contributed by atoms with van der Waals surface area (Å²) in [5, 5.41) is 0. The van der Waals surface area contributed by atoms with E-state index in [4.69, 9.17) is 9.72 Å². The van der Waals surface area contributed by atoms with Crippen LogP contribution in [0.25, 0.3) is 22.3 Å². The molecule has 0 saturated carbocycles. The summed E-state index contributed by atoms with van der Waals surface area (Å²) in [5.41, 5.74) is 9.69. The summed E-state index contributed by atoms with van der Waals surface area (Å²) in [6.45, 7) is 2.20. The quantitative estimate of drug-likeness (QED) is 0.384. The Balaban J connectivity index is 1.42. The SMILES string of the molecule is Cc1ccc(B2c3ccccc3-c3ccc(-c4cccc(Oc5ccccn5)c4)cc32)nc1. The number of nitrogens with zero attached hydrogens (tertiary/aromatic N) is 2. The molecule has 0 saturated heterocycles. The second-order valence-corrected chi connectivity index (χ2v) is 8.38. The fourth-order valence-corrected chi connectivity index (χ4v) is 4.62. The molecule has 4 heteroatoms. The molecule has 0 atom stereocenters. The van der Waals surface area contributed by atoms with Gasteiger partial charge in [0.1, 0.15) is 5.75 Å². The molecule has 3 nitrogen and oxygen atoms in total. The van der Waals surface area contributed by atoms with E-state index in [1.807, 2.05) is 36.5 Å². The summed E-state index contributed by atoms with van der Waals surface area (Å²) in [5.74, 6) is 1.36. The largest absolute Gasteiger partial charge is 0.439 e. The first-order chi connectivity index (χ1) is 16.3. The number of ether oxygens (including phenoxy) is 1. The molecule has 0 radical (unpaired) electrons. The van der Waals surface area contributed by atoms with E-state index in [9.17, 15) is 0 Å². The number of aromatic nitrogens is 2. The van der Waals surface area contributed by atoms with Gasteiger partial charge < -0.3 is 4.74 Å². The average Bonchev–Trinajstić information content (AvgIpc) is 3.19. The fraction of sp³-hybridized carbons (Fsp3) is 0.0345. The van der Waals surface area contributed by atoms with Crippen LogP contribution in [-0.4, -0.2) is 16.7 Å². The molecule has 156 valence electrons. The van der Waals surface area contributed by atoms with Gasteiger partial charge in [-0.15, -0.1) is 0 Å².